The van der Waals surface area contributed by atoms with Gasteiger partial charge >= 0.3 is 0 Å². The number of carbonyl (C=O) groups excluding carboxylic acids is 1. The minimum Gasteiger partial charge on any atom is -0.288 e. The highest BCUT2D eigenvalue weighted by molar-refractivity contribution is 8.13. The summed E-state index contributed by atoms with van der Waals surface area (Å²) in [7, 11) is 0. The van der Waals surface area contributed by atoms with Gasteiger partial charge in [0.25, 0.3) is 0 Å². The molecule has 1 aliphatic rings. The Morgan fingerprint density at radius 2 is 2.08 bits per heavy atom. The molecule has 0 heterocycles. The Bertz CT molecular complexity index is 171. The summed E-state index contributed by atoms with van der Waals surface area (Å²) in [6.45, 7) is 6.30. The zero-order chi connectivity index (χ0) is 9.19. The summed E-state index contributed by atoms with van der Waals surface area (Å²) >= 11 is 1.46. The topological polar surface area (TPSA) is 17.1 Å². The Morgan fingerprint density at radius 1 is 1.50 bits per heavy atom. The van der Waals surface area contributed by atoms with Crippen LogP contribution in [0.2, 0.25) is 0 Å². The predicted molar refractivity (Wildman–Crippen MR) is 54.3 cm³/mol. The van der Waals surface area contributed by atoms with Gasteiger partial charge in [0, 0.05) is 12.7 Å². The quantitative estimate of drug-likeness (QED) is 0.671. The summed E-state index contributed by atoms with van der Waals surface area (Å²) < 4.78 is 0. The molecule has 0 atom stereocenters. The van der Waals surface area contributed by atoms with Crippen molar-refractivity contribution in [1.82, 2.24) is 0 Å². The van der Waals surface area contributed by atoms with E-state index in [0.29, 0.717) is 5.41 Å². The third-order valence-electron chi connectivity index (χ3n) is 2.73. The largest absolute Gasteiger partial charge is 0.288 e. The Labute approximate surface area is 79.3 Å². The molecule has 0 radical (unpaired) electrons. The van der Waals surface area contributed by atoms with Crippen molar-refractivity contribution in [2.45, 2.75) is 40.0 Å². The van der Waals surface area contributed by atoms with Crippen LogP contribution in [0.25, 0.3) is 0 Å². The highest BCUT2D eigenvalue weighted by Gasteiger charge is 2.36. The van der Waals surface area contributed by atoms with Gasteiger partial charge in [-0.1, -0.05) is 25.6 Å². The highest BCUT2D eigenvalue weighted by atomic mass is 32.2. The fourth-order valence-electron chi connectivity index (χ4n) is 1.53. The third-order valence-corrected chi connectivity index (χ3v) is 3.55. The van der Waals surface area contributed by atoms with Crippen molar-refractivity contribution >= 4 is 16.9 Å². The van der Waals surface area contributed by atoms with Crippen molar-refractivity contribution in [3.63, 3.8) is 0 Å². The van der Waals surface area contributed by atoms with E-state index < -0.39 is 0 Å². The predicted octanol–water partition coefficient (Wildman–Crippen LogP) is 3.09. The van der Waals surface area contributed by atoms with Crippen LogP contribution in [-0.4, -0.2) is 10.9 Å². The van der Waals surface area contributed by atoms with Crippen molar-refractivity contribution in [2.75, 3.05) is 5.75 Å². The average molecular weight is 186 g/mol. The molecule has 0 aliphatic heterocycles. The molecule has 1 rings (SSSR count). The van der Waals surface area contributed by atoms with E-state index in [9.17, 15) is 4.79 Å². The monoisotopic (exact) mass is 186 g/mol. The Morgan fingerprint density at radius 3 is 2.50 bits per heavy atom. The van der Waals surface area contributed by atoms with Gasteiger partial charge < -0.3 is 0 Å². The smallest absolute Gasteiger partial charge is 0.185 e. The second-order valence-electron chi connectivity index (χ2n) is 4.35. The van der Waals surface area contributed by atoms with E-state index in [1.165, 1.54) is 31.0 Å². The number of rotatable bonds is 4. The van der Waals surface area contributed by atoms with E-state index in [1.807, 2.05) is 0 Å². The SMILES string of the molecule is CC(=O)SCCC(C)(C)C1CC1. The maximum atomic E-state index is 10.7. The van der Waals surface area contributed by atoms with Gasteiger partial charge in [-0.2, -0.15) is 0 Å². The van der Waals surface area contributed by atoms with E-state index in [0.717, 1.165) is 11.7 Å². The van der Waals surface area contributed by atoms with E-state index in [2.05, 4.69) is 13.8 Å². The summed E-state index contributed by atoms with van der Waals surface area (Å²) in [5, 5.41) is 0.251. The molecule has 0 N–H and O–H groups in total. The maximum absolute atomic E-state index is 10.7. The molecule has 0 spiro atoms. The highest BCUT2D eigenvalue weighted by Crippen LogP contribution is 2.47. The van der Waals surface area contributed by atoms with Crippen molar-refractivity contribution in [2.24, 2.45) is 11.3 Å². The van der Waals surface area contributed by atoms with Crippen LogP contribution in [0.1, 0.15) is 40.0 Å². The molecule has 0 aromatic carbocycles. The minimum absolute atomic E-state index is 0.251. The molecule has 1 nitrogen and oxygen atoms in total. The standard InChI is InChI=1S/C10H18OS/c1-8(11)12-7-6-10(2,3)9-4-5-9/h9H,4-7H2,1-3H3. The average Bonchev–Trinajstić information content (AvgIpc) is 2.65. The van der Waals surface area contributed by atoms with Crippen molar-refractivity contribution in [3.8, 4) is 0 Å². The molecule has 70 valence electrons. The summed E-state index contributed by atoms with van der Waals surface area (Å²) in [6, 6.07) is 0. The van der Waals surface area contributed by atoms with Crippen molar-refractivity contribution in [1.29, 1.82) is 0 Å². The Kier molecular flexibility index (Phi) is 3.22. The molecule has 0 unspecified atom stereocenters. The summed E-state index contributed by atoms with van der Waals surface area (Å²) in [6.07, 6.45) is 3.98. The Hall–Kier alpha value is 0.0200. The maximum Gasteiger partial charge on any atom is 0.185 e. The molecule has 0 amide bonds. The van der Waals surface area contributed by atoms with Gasteiger partial charge in [-0.15, -0.1) is 0 Å². The van der Waals surface area contributed by atoms with Crippen LogP contribution in [0, 0.1) is 11.3 Å². The lowest BCUT2D eigenvalue weighted by atomic mass is 9.85. The fourth-order valence-corrected chi connectivity index (χ4v) is 2.44. The van der Waals surface area contributed by atoms with Crippen LogP contribution in [0.5, 0.6) is 0 Å². The lowest BCUT2D eigenvalue weighted by molar-refractivity contribution is -0.109. The lowest BCUT2D eigenvalue weighted by Crippen LogP contribution is -2.15. The van der Waals surface area contributed by atoms with Crippen molar-refractivity contribution in [3.05, 3.63) is 0 Å². The molecule has 0 bridgehead atoms. The number of carbonyl (C=O) groups is 1. The second kappa shape index (κ2) is 3.82. The number of hydrogen-bond donors (Lipinski definition) is 0. The first-order valence-corrected chi connectivity index (χ1v) is 5.64. The molecule has 0 aromatic heterocycles. The van der Waals surface area contributed by atoms with E-state index >= 15 is 0 Å². The van der Waals surface area contributed by atoms with Gasteiger partial charge in [-0.3, -0.25) is 4.79 Å². The molecular formula is C10H18OS. The van der Waals surface area contributed by atoms with Crippen molar-refractivity contribution < 1.29 is 4.79 Å². The first-order chi connectivity index (χ1) is 5.52. The van der Waals surface area contributed by atoms with Gasteiger partial charge in [-0.05, 0) is 30.6 Å². The molecule has 0 saturated heterocycles. The van der Waals surface area contributed by atoms with Crippen LogP contribution < -0.4 is 0 Å². The molecule has 1 saturated carbocycles. The molecule has 0 aromatic rings. The number of hydrogen-bond acceptors (Lipinski definition) is 2. The van der Waals surface area contributed by atoms with E-state index in [4.69, 9.17) is 0 Å². The van der Waals surface area contributed by atoms with Gasteiger partial charge in [0.05, 0.1) is 0 Å². The van der Waals surface area contributed by atoms with E-state index in [-0.39, 0.29) is 5.12 Å². The van der Waals surface area contributed by atoms with Crippen LogP contribution in [0.4, 0.5) is 0 Å². The van der Waals surface area contributed by atoms with E-state index in [1.54, 1.807) is 6.92 Å². The van der Waals surface area contributed by atoms with Gasteiger partial charge in [0.2, 0.25) is 0 Å². The lowest BCUT2D eigenvalue weighted by Gasteiger charge is -2.23. The van der Waals surface area contributed by atoms with Crippen LogP contribution >= 0.6 is 11.8 Å². The summed E-state index contributed by atoms with van der Waals surface area (Å²) in [5.41, 5.74) is 0.475. The Balaban J connectivity index is 2.16. The summed E-state index contributed by atoms with van der Waals surface area (Å²) in [4.78, 5) is 10.7. The second-order valence-corrected chi connectivity index (χ2v) is 5.62. The first-order valence-electron chi connectivity index (χ1n) is 4.66. The van der Waals surface area contributed by atoms with Crippen LogP contribution in [0.3, 0.4) is 0 Å². The zero-order valence-corrected chi connectivity index (χ0v) is 9.04. The summed E-state index contributed by atoms with van der Waals surface area (Å²) in [5.74, 6) is 1.93. The van der Waals surface area contributed by atoms with Gasteiger partial charge in [-0.25, -0.2) is 0 Å². The normalized spacial score (nSPS) is 17.9. The third kappa shape index (κ3) is 3.18. The zero-order valence-electron chi connectivity index (χ0n) is 8.22. The van der Waals surface area contributed by atoms with Gasteiger partial charge in [0.15, 0.2) is 5.12 Å². The number of thioether (sulfide) groups is 1. The minimum atomic E-state index is 0.251. The van der Waals surface area contributed by atoms with Crippen LogP contribution in [-0.2, 0) is 4.79 Å². The fraction of sp³-hybridized carbons (Fsp3) is 0.900. The van der Waals surface area contributed by atoms with Gasteiger partial charge in [0.1, 0.15) is 0 Å². The molecule has 1 fully saturated rings. The molecule has 2 heteroatoms. The first kappa shape index (κ1) is 10.1. The van der Waals surface area contributed by atoms with Crippen LogP contribution in [0.15, 0.2) is 0 Å². The molecule has 1 aliphatic carbocycles. The molecular weight excluding hydrogens is 168 g/mol. The molecule has 12 heavy (non-hydrogen) atoms.